The molecule has 1 aromatic rings. The van der Waals surface area contributed by atoms with Gasteiger partial charge >= 0.3 is 0 Å². The highest BCUT2D eigenvalue weighted by Crippen LogP contribution is 2.19. The Hall–Kier alpha value is -1.16. The summed E-state index contributed by atoms with van der Waals surface area (Å²) in [5, 5.41) is 6.76. The maximum absolute atomic E-state index is 4.64. The van der Waals surface area contributed by atoms with Crippen molar-refractivity contribution in [1.82, 2.24) is 15.3 Å². The minimum absolute atomic E-state index is 0.902. The molecule has 0 atom stereocenters. The lowest BCUT2D eigenvalue weighted by Gasteiger charge is -2.13. The second kappa shape index (κ2) is 5.25. The molecule has 1 aliphatic rings. The smallest absolute Gasteiger partial charge is 0.133 e. The normalized spacial score (nSPS) is 15.4. The largest absolute Gasteiger partial charge is 0.370 e. The first-order chi connectivity index (χ1) is 7.85. The van der Waals surface area contributed by atoms with E-state index in [-0.39, 0.29) is 0 Å². The molecule has 0 saturated heterocycles. The van der Waals surface area contributed by atoms with Gasteiger partial charge in [-0.25, -0.2) is 9.97 Å². The Labute approximate surface area is 96.9 Å². The van der Waals surface area contributed by atoms with Crippen LogP contribution in [0.2, 0.25) is 0 Å². The molecule has 0 unspecified atom stereocenters. The Morgan fingerprint density at radius 2 is 2.00 bits per heavy atom. The number of fused-ring (bicyclic) bond motifs is 1. The van der Waals surface area contributed by atoms with Crippen LogP contribution >= 0.6 is 0 Å². The van der Waals surface area contributed by atoms with Gasteiger partial charge < -0.3 is 10.6 Å². The van der Waals surface area contributed by atoms with Gasteiger partial charge in [-0.3, -0.25) is 0 Å². The van der Waals surface area contributed by atoms with E-state index in [4.69, 9.17) is 0 Å². The molecule has 4 heteroatoms. The maximum Gasteiger partial charge on any atom is 0.133 e. The second-order valence-electron chi connectivity index (χ2n) is 4.05. The van der Waals surface area contributed by atoms with E-state index in [1.165, 1.54) is 11.3 Å². The first-order valence-electron chi connectivity index (χ1n) is 6.18. The van der Waals surface area contributed by atoms with Gasteiger partial charge in [0.1, 0.15) is 11.6 Å². The lowest BCUT2D eigenvalue weighted by molar-refractivity contribution is 0.708. The first-order valence-corrected chi connectivity index (χ1v) is 6.18. The summed E-state index contributed by atoms with van der Waals surface area (Å²) in [4.78, 5) is 9.23. The van der Waals surface area contributed by atoms with Gasteiger partial charge in [0.25, 0.3) is 0 Å². The van der Waals surface area contributed by atoms with Crippen molar-refractivity contribution in [3.63, 3.8) is 0 Å². The fourth-order valence-electron chi connectivity index (χ4n) is 2.07. The molecular formula is C12H20N4. The molecule has 2 rings (SSSR count). The standard InChI is InChI=1S/C12H20N4/c1-3-11-15-10-6-8-13-7-5-9(10)12(16-11)14-4-2/h13H,3-8H2,1-2H3,(H,14,15,16). The topological polar surface area (TPSA) is 49.8 Å². The van der Waals surface area contributed by atoms with Crippen LogP contribution in [0.25, 0.3) is 0 Å². The van der Waals surface area contributed by atoms with Crippen molar-refractivity contribution in [3.05, 3.63) is 17.1 Å². The maximum atomic E-state index is 4.64. The lowest BCUT2D eigenvalue weighted by atomic mass is 10.1. The zero-order chi connectivity index (χ0) is 11.4. The quantitative estimate of drug-likeness (QED) is 0.802. The number of hydrogen-bond donors (Lipinski definition) is 2. The number of anilines is 1. The third-order valence-corrected chi connectivity index (χ3v) is 2.89. The molecule has 0 bridgehead atoms. The van der Waals surface area contributed by atoms with Gasteiger partial charge in [0.05, 0.1) is 5.69 Å². The summed E-state index contributed by atoms with van der Waals surface area (Å²) in [6.07, 6.45) is 2.95. The molecule has 1 aromatic heterocycles. The van der Waals surface area contributed by atoms with Crippen molar-refractivity contribution in [3.8, 4) is 0 Å². The van der Waals surface area contributed by atoms with Gasteiger partial charge in [0.2, 0.25) is 0 Å². The molecule has 4 nitrogen and oxygen atoms in total. The highest BCUT2D eigenvalue weighted by atomic mass is 15.0. The van der Waals surface area contributed by atoms with Gasteiger partial charge in [-0.05, 0) is 19.9 Å². The van der Waals surface area contributed by atoms with Gasteiger partial charge in [-0.1, -0.05) is 6.92 Å². The molecule has 0 aromatic carbocycles. The van der Waals surface area contributed by atoms with Crippen LogP contribution in [-0.4, -0.2) is 29.6 Å². The third kappa shape index (κ3) is 2.32. The van der Waals surface area contributed by atoms with Crippen molar-refractivity contribution >= 4 is 5.82 Å². The molecule has 0 spiro atoms. The van der Waals surface area contributed by atoms with Gasteiger partial charge in [0.15, 0.2) is 0 Å². The van der Waals surface area contributed by atoms with Crippen LogP contribution in [0.5, 0.6) is 0 Å². The summed E-state index contributed by atoms with van der Waals surface area (Å²) >= 11 is 0. The summed E-state index contributed by atoms with van der Waals surface area (Å²) in [6.45, 7) is 7.18. The fourth-order valence-corrected chi connectivity index (χ4v) is 2.07. The molecule has 0 aliphatic carbocycles. The molecule has 2 N–H and O–H groups in total. The average Bonchev–Trinajstić information content (AvgIpc) is 2.54. The fraction of sp³-hybridized carbons (Fsp3) is 0.667. The highest BCUT2D eigenvalue weighted by molar-refractivity contribution is 5.47. The van der Waals surface area contributed by atoms with E-state index in [2.05, 4.69) is 34.4 Å². The Morgan fingerprint density at radius 1 is 1.19 bits per heavy atom. The van der Waals surface area contributed by atoms with Crippen molar-refractivity contribution in [2.24, 2.45) is 0 Å². The summed E-state index contributed by atoms with van der Waals surface area (Å²) in [6, 6.07) is 0. The van der Waals surface area contributed by atoms with Crippen LogP contribution < -0.4 is 10.6 Å². The number of aryl methyl sites for hydroxylation is 1. The molecule has 0 radical (unpaired) electrons. The Morgan fingerprint density at radius 3 is 2.75 bits per heavy atom. The summed E-state index contributed by atoms with van der Waals surface area (Å²) < 4.78 is 0. The Bertz CT molecular complexity index is 362. The van der Waals surface area contributed by atoms with E-state index in [0.717, 1.165) is 50.5 Å². The number of rotatable bonds is 3. The number of aromatic nitrogens is 2. The van der Waals surface area contributed by atoms with Crippen LogP contribution in [0.4, 0.5) is 5.82 Å². The van der Waals surface area contributed by atoms with Crippen LogP contribution in [0, 0.1) is 0 Å². The number of hydrogen-bond acceptors (Lipinski definition) is 4. The molecule has 0 amide bonds. The Kier molecular flexibility index (Phi) is 3.72. The van der Waals surface area contributed by atoms with Crippen molar-refractivity contribution in [2.45, 2.75) is 33.1 Å². The first kappa shape index (κ1) is 11.3. The van der Waals surface area contributed by atoms with Crippen LogP contribution in [-0.2, 0) is 19.3 Å². The monoisotopic (exact) mass is 220 g/mol. The van der Waals surface area contributed by atoms with Gasteiger partial charge in [0, 0.05) is 31.5 Å². The van der Waals surface area contributed by atoms with Gasteiger partial charge in [-0.2, -0.15) is 0 Å². The van der Waals surface area contributed by atoms with Crippen LogP contribution in [0.1, 0.15) is 30.9 Å². The van der Waals surface area contributed by atoms with E-state index in [1.807, 2.05) is 0 Å². The van der Waals surface area contributed by atoms with Crippen molar-refractivity contribution < 1.29 is 0 Å². The summed E-state index contributed by atoms with van der Waals surface area (Å²) in [7, 11) is 0. The molecule has 1 aliphatic heterocycles. The van der Waals surface area contributed by atoms with E-state index >= 15 is 0 Å². The Balaban J connectivity index is 2.40. The second-order valence-corrected chi connectivity index (χ2v) is 4.05. The zero-order valence-corrected chi connectivity index (χ0v) is 10.1. The van der Waals surface area contributed by atoms with Gasteiger partial charge in [-0.15, -0.1) is 0 Å². The summed E-state index contributed by atoms with van der Waals surface area (Å²) in [5.74, 6) is 2.00. The molecule has 2 heterocycles. The van der Waals surface area contributed by atoms with E-state index in [0.29, 0.717) is 0 Å². The number of nitrogens with zero attached hydrogens (tertiary/aromatic N) is 2. The van der Waals surface area contributed by atoms with Crippen molar-refractivity contribution in [1.29, 1.82) is 0 Å². The number of nitrogens with one attached hydrogen (secondary N) is 2. The minimum Gasteiger partial charge on any atom is -0.370 e. The third-order valence-electron chi connectivity index (χ3n) is 2.89. The predicted octanol–water partition coefficient (Wildman–Crippen LogP) is 1.16. The lowest BCUT2D eigenvalue weighted by Crippen LogP contribution is -2.16. The van der Waals surface area contributed by atoms with E-state index < -0.39 is 0 Å². The summed E-state index contributed by atoms with van der Waals surface area (Å²) in [5.41, 5.74) is 2.54. The van der Waals surface area contributed by atoms with E-state index in [1.54, 1.807) is 0 Å². The average molecular weight is 220 g/mol. The minimum atomic E-state index is 0.902. The highest BCUT2D eigenvalue weighted by Gasteiger charge is 2.15. The van der Waals surface area contributed by atoms with Crippen LogP contribution in [0.3, 0.4) is 0 Å². The molecule has 88 valence electrons. The zero-order valence-electron chi connectivity index (χ0n) is 10.1. The SMILES string of the molecule is CCNc1nc(CC)nc2c1CCNCC2. The molecule has 16 heavy (non-hydrogen) atoms. The van der Waals surface area contributed by atoms with Crippen LogP contribution in [0.15, 0.2) is 0 Å². The van der Waals surface area contributed by atoms with Crippen molar-refractivity contribution in [2.75, 3.05) is 25.0 Å². The predicted molar refractivity (Wildman–Crippen MR) is 65.9 cm³/mol. The molecular weight excluding hydrogens is 200 g/mol. The molecule has 0 saturated carbocycles. The molecule has 0 fully saturated rings. The van der Waals surface area contributed by atoms with E-state index in [9.17, 15) is 0 Å².